The maximum absolute atomic E-state index is 13.5. The smallest absolute Gasteiger partial charge is 0.333 e. The fourth-order valence-corrected chi connectivity index (χ4v) is 3.90. The average molecular weight is 495 g/mol. The molecule has 13 heteroatoms. The van der Waals surface area contributed by atoms with E-state index in [0.717, 1.165) is 16.8 Å². The zero-order valence-corrected chi connectivity index (χ0v) is 18.1. The first-order chi connectivity index (χ1) is 16.1. The zero-order valence-electron chi connectivity index (χ0n) is 17.3. The second kappa shape index (κ2) is 8.99. The van der Waals surface area contributed by atoms with Crippen LogP contribution in [0, 0.1) is 0 Å². The standard InChI is InChI=1S/C21H17F4N5O3S/c22-12-30-18(9-6-13-4-7-15(8-5-13)21(23,24)25)17(11-27-30)20-28-19(29-33-20)14-2-1-3-16(10-14)34(26,31)32/h1-5,7-8,10-11H,6,9,12H2,(H2,26,31,32). The molecule has 178 valence electrons. The number of aromatic nitrogens is 4. The summed E-state index contributed by atoms with van der Waals surface area (Å²) in [6, 6.07) is 10.4. The lowest BCUT2D eigenvalue weighted by molar-refractivity contribution is -0.137. The highest BCUT2D eigenvalue weighted by Crippen LogP contribution is 2.30. The minimum atomic E-state index is -4.43. The van der Waals surface area contributed by atoms with Crippen molar-refractivity contribution >= 4 is 10.0 Å². The SMILES string of the molecule is NS(=O)(=O)c1cccc(-c2noc(-c3cnn(CF)c3CCc3ccc(C(F)(F)F)cc3)n2)c1. The van der Waals surface area contributed by atoms with Gasteiger partial charge in [-0.25, -0.2) is 22.6 Å². The minimum absolute atomic E-state index is 0.0260. The molecule has 4 rings (SSSR count). The first-order valence-corrected chi connectivity index (χ1v) is 11.3. The number of benzene rings is 2. The fraction of sp³-hybridized carbons (Fsp3) is 0.190. The van der Waals surface area contributed by atoms with Crippen LogP contribution in [0.2, 0.25) is 0 Å². The molecule has 0 fully saturated rings. The summed E-state index contributed by atoms with van der Waals surface area (Å²) in [7, 11) is -3.93. The molecule has 34 heavy (non-hydrogen) atoms. The van der Waals surface area contributed by atoms with Crippen molar-refractivity contribution in [1.82, 2.24) is 19.9 Å². The second-order valence-corrected chi connectivity index (χ2v) is 8.88. The van der Waals surface area contributed by atoms with E-state index < -0.39 is 28.6 Å². The monoisotopic (exact) mass is 495 g/mol. The van der Waals surface area contributed by atoms with Crippen LogP contribution in [0.1, 0.15) is 16.8 Å². The van der Waals surface area contributed by atoms with Crippen molar-refractivity contribution in [2.45, 2.75) is 30.7 Å². The molecule has 8 nitrogen and oxygen atoms in total. The van der Waals surface area contributed by atoms with Gasteiger partial charge in [-0.3, -0.25) is 0 Å². The predicted octanol–water partition coefficient (Wildman–Crippen LogP) is 3.98. The minimum Gasteiger partial charge on any atom is -0.333 e. The number of hydrogen-bond acceptors (Lipinski definition) is 6. The van der Waals surface area contributed by atoms with Crippen LogP contribution in [-0.4, -0.2) is 28.3 Å². The van der Waals surface area contributed by atoms with Crippen LogP contribution in [0.4, 0.5) is 17.6 Å². The molecule has 0 saturated heterocycles. The molecule has 0 amide bonds. The maximum atomic E-state index is 13.5. The maximum Gasteiger partial charge on any atom is 0.416 e. The van der Waals surface area contributed by atoms with Gasteiger partial charge in [-0.15, -0.1) is 0 Å². The summed E-state index contributed by atoms with van der Waals surface area (Å²) < 4.78 is 81.3. The summed E-state index contributed by atoms with van der Waals surface area (Å²) in [5, 5.41) is 13.0. The van der Waals surface area contributed by atoms with Crippen molar-refractivity contribution < 1.29 is 30.5 Å². The Balaban J connectivity index is 1.59. The number of halogens is 4. The molecule has 0 bridgehead atoms. The molecule has 2 aromatic carbocycles. The molecule has 2 aromatic heterocycles. The summed E-state index contributed by atoms with van der Waals surface area (Å²) in [5.74, 6) is 0.111. The second-order valence-electron chi connectivity index (χ2n) is 7.31. The molecule has 2 N–H and O–H groups in total. The third-order valence-electron chi connectivity index (χ3n) is 5.07. The van der Waals surface area contributed by atoms with Gasteiger partial charge in [-0.05, 0) is 42.7 Å². The Morgan fingerprint density at radius 3 is 2.44 bits per heavy atom. The Bertz CT molecular complexity index is 1410. The predicted molar refractivity (Wildman–Crippen MR) is 112 cm³/mol. The van der Waals surface area contributed by atoms with Gasteiger partial charge in [-0.1, -0.05) is 29.4 Å². The third kappa shape index (κ3) is 4.99. The normalized spacial score (nSPS) is 12.3. The van der Waals surface area contributed by atoms with Gasteiger partial charge in [-0.2, -0.15) is 23.3 Å². The van der Waals surface area contributed by atoms with Crippen molar-refractivity contribution in [2.24, 2.45) is 5.14 Å². The first kappa shape index (κ1) is 23.6. The lowest BCUT2D eigenvalue weighted by atomic mass is 10.0. The van der Waals surface area contributed by atoms with Crippen molar-refractivity contribution in [3.63, 3.8) is 0 Å². The van der Waals surface area contributed by atoms with Crippen molar-refractivity contribution in [2.75, 3.05) is 0 Å². The zero-order chi connectivity index (χ0) is 24.5. The highest BCUT2D eigenvalue weighted by Gasteiger charge is 2.30. The van der Waals surface area contributed by atoms with Crippen LogP contribution in [0.5, 0.6) is 0 Å². The van der Waals surface area contributed by atoms with Gasteiger partial charge in [0.25, 0.3) is 5.89 Å². The van der Waals surface area contributed by atoms with Crippen LogP contribution >= 0.6 is 0 Å². The molecule has 0 radical (unpaired) electrons. The Morgan fingerprint density at radius 1 is 1.06 bits per heavy atom. The third-order valence-corrected chi connectivity index (χ3v) is 5.98. The lowest BCUT2D eigenvalue weighted by Gasteiger charge is -2.08. The number of alkyl halides is 4. The molecule has 0 spiro atoms. The molecule has 2 heterocycles. The number of nitrogens with two attached hydrogens (primary N) is 1. The van der Waals surface area contributed by atoms with Gasteiger partial charge < -0.3 is 4.52 Å². The van der Waals surface area contributed by atoms with Gasteiger partial charge in [0, 0.05) is 5.56 Å². The molecule has 0 saturated carbocycles. The molecule has 0 atom stereocenters. The summed E-state index contributed by atoms with van der Waals surface area (Å²) >= 11 is 0. The average Bonchev–Trinajstić information content (AvgIpc) is 3.43. The topological polar surface area (TPSA) is 117 Å². The summed E-state index contributed by atoms with van der Waals surface area (Å²) in [6.07, 6.45) is -2.53. The molecule has 0 aliphatic heterocycles. The fourth-order valence-electron chi connectivity index (χ4n) is 3.34. The van der Waals surface area contributed by atoms with Crippen LogP contribution in [0.3, 0.4) is 0 Å². The van der Waals surface area contributed by atoms with Crippen molar-refractivity contribution in [3.05, 3.63) is 71.5 Å². The lowest BCUT2D eigenvalue weighted by Crippen LogP contribution is -2.11. The molecule has 0 unspecified atom stereocenters. The number of aryl methyl sites for hydroxylation is 1. The highest BCUT2D eigenvalue weighted by atomic mass is 32.2. The quantitative estimate of drug-likeness (QED) is 0.388. The number of nitrogens with zero attached hydrogens (tertiary/aromatic N) is 4. The van der Waals surface area contributed by atoms with Gasteiger partial charge in [0.2, 0.25) is 15.8 Å². The molecular weight excluding hydrogens is 478 g/mol. The first-order valence-electron chi connectivity index (χ1n) is 9.80. The van der Waals surface area contributed by atoms with Crippen LogP contribution in [0.25, 0.3) is 22.8 Å². The number of hydrogen-bond donors (Lipinski definition) is 1. The molecular formula is C21H17F4N5O3S. The van der Waals surface area contributed by atoms with E-state index in [9.17, 15) is 26.0 Å². The van der Waals surface area contributed by atoms with Crippen LogP contribution in [0.15, 0.2) is 64.1 Å². The van der Waals surface area contributed by atoms with Crippen LogP contribution < -0.4 is 5.14 Å². The van der Waals surface area contributed by atoms with Crippen molar-refractivity contribution in [3.8, 4) is 22.8 Å². The number of sulfonamides is 1. The summed E-state index contributed by atoms with van der Waals surface area (Å²) in [6.45, 7) is -0.931. The Hall–Kier alpha value is -3.58. The van der Waals surface area contributed by atoms with Gasteiger partial charge in [0.1, 0.15) is 0 Å². The number of rotatable bonds is 7. The van der Waals surface area contributed by atoms with Gasteiger partial charge >= 0.3 is 6.18 Å². The summed E-state index contributed by atoms with van der Waals surface area (Å²) in [5.41, 5.74) is 0.972. The summed E-state index contributed by atoms with van der Waals surface area (Å²) in [4.78, 5) is 4.14. The van der Waals surface area contributed by atoms with E-state index in [1.54, 1.807) is 6.07 Å². The van der Waals surface area contributed by atoms with Gasteiger partial charge in [0.15, 0.2) is 6.80 Å². The van der Waals surface area contributed by atoms with E-state index in [1.807, 2.05) is 0 Å². The highest BCUT2D eigenvalue weighted by molar-refractivity contribution is 7.89. The van der Waals surface area contributed by atoms with E-state index in [4.69, 9.17) is 9.66 Å². The van der Waals surface area contributed by atoms with Gasteiger partial charge in [0.05, 0.1) is 27.9 Å². The van der Waals surface area contributed by atoms with Crippen LogP contribution in [-0.2, 0) is 35.8 Å². The number of primary sulfonamides is 1. The van der Waals surface area contributed by atoms with E-state index in [0.29, 0.717) is 28.8 Å². The van der Waals surface area contributed by atoms with E-state index >= 15 is 0 Å². The largest absolute Gasteiger partial charge is 0.416 e. The molecule has 4 aromatic rings. The van der Waals surface area contributed by atoms with E-state index in [1.165, 1.54) is 36.5 Å². The molecule has 0 aliphatic carbocycles. The van der Waals surface area contributed by atoms with E-state index in [2.05, 4.69) is 15.2 Å². The Kier molecular flexibility index (Phi) is 6.23. The Morgan fingerprint density at radius 2 is 1.79 bits per heavy atom. The van der Waals surface area contributed by atoms with Crippen molar-refractivity contribution in [1.29, 1.82) is 0 Å². The molecule has 0 aliphatic rings. The van der Waals surface area contributed by atoms with E-state index in [-0.39, 0.29) is 23.0 Å². The Labute approximate surface area is 191 Å².